The van der Waals surface area contributed by atoms with Crippen LogP contribution < -0.4 is 11.2 Å². The van der Waals surface area contributed by atoms with Crippen molar-refractivity contribution in [3.05, 3.63) is 30.6 Å². The summed E-state index contributed by atoms with van der Waals surface area (Å²) in [6.07, 6.45) is -1.04. The zero-order valence-electron chi connectivity index (χ0n) is 12.7. The number of esters is 2. The van der Waals surface area contributed by atoms with E-state index in [2.05, 4.69) is 20.9 Å². The Bertz CT molecular complexity index is 761. The number of ether oxygens (including phenoxy) is 3. The van der Waals surface area contributed by atoms with Crippen LogP contribution in [0.1, 0.15) is 20.1 Å². The van der Waals surface area contributed by atoms with Gasteiger partial charge in [0.1, 0.15) is 18.8 Å². The fourth-order valence-electron chi connectivity index (χ4n) is 2.23. The molecule has 0 amide bonds. The molecule has 132 valence electrons. The monoisotopic (exact) mass is 516 g/mol. The quantitative estimate of drug-likeness (QED) is 0.347. The first-order chi connectivity index (χ1) is 11.2. The summed E-state index contributed by atoms with van der Waals surface area (Å²) in [6.45, 7) is 2.35. The van der Waals surface area contributed by atoms with Gasteiger partial charge in [-0.25, -0.2) is 4.79 Å². The number of nitrogens with zero attached hydrogens (tertiary/aromatic N) is 1. The SMILES string of the molecule is CC(=O)OC[C@H]1O[C@@H](n2cc(I)c(=O)[nH]c2=O)[C@@H](Br)[C@@H]1OC(C)=O. The Morgan fingerprint density at radius 2 is 2.04 bits per heavy atom. The highest BCUT2D eigenvalue weighted by atomic mass is 127. The molecule has 1 aliphatic rings. The molecular weight excluding hydrogens is 503 g/mol. The second-order valence-corrected chi connectivity index (χ2v) is 7.25. The normalized spacial score (nSPS) is 26.2. The van der Waals surface area contributed by atoms with E-state index in [0.717, 1.165) is 0 Å². The van der Waals surface area contributed by atoms with Gasteiger partial charge in [-0.05, 0) is 22.6 Å². The third kappa shape index (κ3) is 4.25. The molecule has 1 N–H and O–H groups in total. The highest BCUT2D eigenvalue weighted by molar-refractivity contribution is 14.1. The third-order valence-corrected chi connectivity index (χ3v) is 4.96. The van der Waals surface area contributed by atoms with Crippen molar-refractivity contribution in [1.82, 2.24) is 9.55 Å². The number of hydrogen-bond donors (Lipinski definition) is 1. The smallest absolute Gasteiger partial charge is 0.330 e. The third-order valence-electron chi connectivity index (χ3n) is 3.22. The number of hydrogen-bond acceptors (Lipinski definition) is 7. The number of nitrogens with one attached hydrogen (secondary N) is 1. The number of aromatic amines is 1. The number of alkyl halides is 1. The largest absolute Gasteiger partial charge is 0.463 e. The number of rotatable bonds is 4. The maximum absolute atomic E-state index is 12.0. The maximum atomic E-state index is 12.0. The molecule has 0 bridgehead atoms. The van der Waals surface area contributed by atoms with Gasteiger partial charge in [0.25, 0.3) is 5.56 Å². The van der Waals surface area contributed by atoms with Gasteiger partial charge in [-0.1, -0.05) is 15.9 Å². The summed E-state index contributed by atoms with van der Waals surface area (Å²) in [6, 6.07) is 0. The molecular formula is C13H14BrIN2O7. The van der Waals surface area contributed by atoms with Gasteiger partial charge in [0.15, 0.2) is 6.23 Å². The summed E-state index contributed by atoms with van der Waals surface area (Å²) in [4.78, 5) is 47.4. The molecule has 0 spiro atoms. The minimum atomic E-state index is -0.854. The van der Waals surface area contributed by atoms with E-state index in [-0.39, 0.29) is 6.61 Å². The molecule has 1 aromatic heterocycles. The molecule has 24 heavy (non-hydrogen) atoms. The van der Waals surface area contributed by atoms with E-state index in [0.29, 0.717) is 3.57 Å². The minimum Gasteiger partial charge on any atom is -0.463 e. The lowest BCUT2D eigenvalue weighted by molar-refractivity contribution is -0.155. The summed E-state index contributed by atoms with van der Waals surface area (Å²) in [5.41, 5.74) is -1.17. The van der Waals surface area contributed by atoms with Crippen molar-refractivity contribution in [2.75, 3.05) is 6.61 Å². The van der Waals surface area contributed by atoms with Crippen LogP contribution in [-0.2, 0) is 23.8 Å². The molecule has 1 aromatic rings. The Morgan fingerprint density at radius 1 is 1.38 bits per heavy atom. The lowest BCUT2D eigenvalue weighted by Crippen LogP contribution is -2.37. The standard InChI is InChI=1S/C13H14BrIN2O7/c1-5(18)22-4-8-10(23-6(2)19)9(14)12(24-8)17-3-7(15)11(20)16-13(17)21/h3,8-10,12H,4H2,1-2H3,(H,16,20,21)/t8-,9+,10-,12-/m1/s1. The van der Waals surface area contributed by atoms with E-state index in [1.807, 2.05) is 0 Å². The molecule has 0 saturated carbocycles. The Hall–Kier alpha value is -1.21. The maximum Gasteiger partial charge on any atom is 0.330 e. The van der Waals surface area contributed by atoms with Gasteiger partial charge in [0.05, 0.1) is 8.40 Å². The van der Waals surface area contributed by atoms with Gasteiger partial charge in [0, 0.05) is 20.0 Å². The second kappa shape index (κ2) is 7.78. The highest BCUT2D eigenvalue weighted by Crippen LogP contribution is 2.36. The van der Waals surface area contributed by atoms with E-state index in [9.17, 15) is 19.2 Å². The van der Waals surface area contributed by atoms with Crippen molar-refractivity contribution in [2.45, 2.75) is 37.1 Å². The van der Waals surface area contributed by atoms with Crippen LogP contribution in [0.15, 0.2) is 15.8 Å². The number of H-pyrrole nitrogens is 1. The lowest BCUT2D eigenvalue weighted by Gasteiger charge is -2.19. The summed E-state index contributed by atoms with van der Waals surface area (Å²) >= 11 is 5.15. The van der Waals surface area contributed by atoms with Crippen molar-refractivity contribution in [1.29, 1.82) is 0 Å². The van der Waals surface area contributed by atoms with E-state index in [4.69, 9.17) is 14.2 Å². The van der Waals surface area contributed by atoms with Crippen molar-refractivity contribution in [2.24, 2.45) is 0 Å². The molecule has 1 fully saturated rings. The van der Waals surface area contributed by atoms with Crippen LogP contribution in [0.4, 0.5) is 0 Å². The van der Waals surface area contributed by atoms with Crippen LogP contribution in [0, 0.1) is 3.57 Å². The molecule has 0 aliphatic carbocycles. The number of aromatic nitrogens is 2. The lowest BCUT2D eigenvalue weighted by atomic mass is 10.2. The molecule has 9 nitrogen and oxygen atoms in total. The van der Waals surface area contributed by atoms with Crippen molar-refractivity contribution < 1.29 is 23.8 Å². The van der Waals surface area contributed by atoms with Gasteiger partial charge in [0.2, 0.25) is 0 Å². The van der Waals surface area contributed by atoms with E-state index in [1.54, 1.807) is 22.6 Å². The molecule has 1 saturated heterocycles. The molecule has 1 aliphatic heterocycles. The zero-order chi connectivity index (χ0) is 18.0. The number of carbonyl (C=O) groups is 2. The molecule has 2 heterocycles. The predicted molar refractivity (Wildman–Crippen MR) is 92.9 cm³/mol. The average molecular weight is 517 g/mol. The Balaban J connectivity index is 2.33. The molecule has 2 rings (SSSR count). The fourth-order valence-corrected chi connectivity index (χ4v) is 3.50. The van der Waals surface area contributed by atoms with Crippen LogP contribution in [0.2, 0.25) is 0 Å². The van der Waals surface area contributed by atoms with Gasteiger partial charge >= 0.3 is 17.6 Å². The first kappa shape index (κ1) is 19.1. The van der Waals surface area contributed by atoms with Crippen LogP contribution in [0.25, 0.3) is 0 Å². The fraction of sp³-hybridized carbons (Fsp3) is 0.538. The van der Waals surface area contributed by atoms with E-state index in [1.165, 1.54) is 24.6 Å². The van der Waals surface area contributed by atoms with Crippen LogP contribution in [0.3, 0.4) is 0 Å². The summed E-state index contributed by atoms with van der Waals surface area (Å²) < 4.78 is 17.4. The Morgan fingerprint density at radius 3 is 2.62 bits per heavy atom. The number of halogens is 2. The van der Waals surface area contributed by atoms with Crippen molar-refractivity contribution in [3.8, 4) is 0 Å². The molecule has 11 heteroatoms. The zero-order valence-corrected chi connectivity index (χ0v) is 16.4. The van der Waals surface area contributed by atoms with E-state index >= 15 is 0 Å². The van der Waals surface area contributed by atoms with Gasteiger partial charge in [-0.15, -0.1) is 0 Å². The summed E-state index contributed by atoms with van der Waals surface area (Å²) in [5, 5.41) is 0. The van der Waals surface area contributed by atoms with Gasteiger partial charge in [-0.2, -0.15) is 0 Å². The topological polar surface area (TPSA) is 117 Å². The molecule has 0 aromatic carbocycles. The van der Waals surface area contributed by atoms with Gasteiger partial charge in [-0.3, -0.25) is 23.9 Å². The summed E-state index contributed by atoms with van der Waals surface area (Å²) in [5.74, 6) is -1.05. The van der Waals surface area contributed by atoms with E-state index < -0.39 is 46.5 Å². The molecule has 4 atom stereocenters. The van der Waals surface area contributed by atoms with Crippen molar-refractivity contribution >= 4 is 50.5 Å². The second-order valence-electron chi connectivity index (χ2n) is 5.03. The van der Waals surface area contributed by atoms with Crippen LogP contribution >= 0.6 is 38.5 Å². The Kier molecular flexibility index (Phi) is 6.20. The average Bonchev–Trinajstić information content (AvgIpc) is 2.77. The minimum absolute atomic E-state index is 0.138. The first-order valence-corrected chi connectivity index (χ1v) is 8.81. The van der Waals surface area contributed by atoms with Crippen LogP contribution in [0.5, 0.6) is 0 Å². The number of carbonyl (C=O) groups excluding carboxylic acids is 2. The Labute approximate surface area is 157 Å². The van der Waals surface area contributed by atoms with Crippen molar-refractivity contribution in [3.63, 3.8) is 0 Å². The predicted octanol–water partition coefficient (Wildman–Crippen LogP) is 0.297. The molecule has 0 radical (unpaired) electrons. The molecule has 0 unspecified atom stereocenters. The highest BCUT2D eigenvalue weighted by Gasteiger charge is 2.47. The summed E-state index contributed by atoms with van der Waals surface area (Å²) in [7, 11) is 0. The first-order valence-electron chi connectivity index (χ1n) is 6.81. The van der Waals surface area contributed by atoms with Gasteiger partial charge < -0.3 is 14.2 Å². The van der Waals surface area contributed by atoms with Crippen LogP contribution in [-0.4, -0.2) is 45.1 Å².